The van der Waals surface area contributed by atoms with Gasteiger partial charge in [-0.15, -0.1) is 0 Å². The first-order valence-electron chi connectivity index (χ1n) is 19.6. The SMILES string of the molecule is [2H]c1c([2H])c([2H])c(-c2cccc(-c3c4ccccc4c(-c4cc(-c5c([2H])c([2H])c([2H])c([2H])c5[2H])cc5oc6ccccc6c45)c4ccccc34)c2)c([2H])c1[2H]. The lowest BCUT2D eigenvalue weighted by Gasteiger charge is -2.19. The first kappa shape index (κ1) is 17.4. The third-order valence-electron chi connectivity index (χ3n) is 8.41. The molecule has 45 heavy (non-hydrogen) atoms. The zero-order valence-electron chi connectivity index (χ0n) is 33.8. The van der Waals surface area contributed by atoms with Crippen LogP contribution in [0.25, 0.3) is 88.0 Å². The lowest BCUT2D eigenvalue weighted by Crippen LogP contribution is -1.92. The average molecular weight is 583 g/mol. The Labute approximate surface area is 275 Å². The van der Waals surface area contributed by atoms with E-state index in [0.717, 1.165) is 54.6 Å². The molecular weight excluding hydrogens is 544 g/mol. The molecule has 0 saturated heterocycles. The molecule has 1 heterocycles. The van der Waals surface area contributed by atoms with Crippen molar-refractivity contribution in [2.45, 2.75) is 0 Å². The molecule has 8 aromatic carbocycles. The fourth-order valence-corrected chi connectivity index (χ4v) is 6.54. The molecule has 0 atom stereocenters. The number of benzene rings is 8. The highest BCUT2D eigenvalue weighted by Crippen LogP contribution is 2.48. The summed E-state index contributed by atoms with van der Waals surface area (Å²) in [5, 5.41) is 5.23. The van der Waals surface area contributed by atoms with Crippen molar-refractivity contribution in [1.82, 2.24) is 0 Å². The molecule has 0 radical (unpaired) electrons. The second kappa shape index (κ2) is 10.4. The van der Waals surface area contributed by atoms with Crippen LogP contribution in [0.1, 0.15) is 13.7 Å². The molecule has 0 saturated carbocycles. The lowest BCUT2D eigenvalue weighted by atomic mass is 9.83. The van der Waals surface area contributed by atoms with Gasteiger partial charge in [0, 0.05) is 10.8 Å². The third-order valence-corrected chi connectivity index (χ3v) is 8.41. The molecule has 0 spiro atoms. The van der Waals surface area contributed by atoms with Crippen LogP contribution in [0.5, 0.6) is 0 Å². The van der Waals surface area contributed by atoms with E-state index in [-0.39, 0.29) is 35.3 Å². The van der Waals surface area contributed by atoms with Gasteiger partial charge in [0.15, 0.2) is 0 Å². The fourth-order valence-electron chi connectivity index (χ4n) is 6.54. The first-order valence-corrected chi connectivity index (χ1v) is 14.6. The summed E-state index contributed by atoms with van der Waals surface area (Å²) in [6, 6.07) is 30.9. The van der Waals surface area contributed by atoms with Gasteiger partial charge in [-0.2, -0.15) is 0 Å². The van der Waals surface area contributed by atoms with Crippen molar-refractivity contribution >= 4 is 43.5 Å². The highest BCUT2D eigenvalue weighted by Gasteiger charge is 2.21. The summed E-state index contributed by atoms with van der Waals surface area (Å²) in [5.74, 6) is 0. The Balaban J connectivity index is 1.40. The molecule has 1 aromatic heterocycles. The van der Waals surface area contributed by atoms with Gasteiger partial charge in [0.2, 0.25) is 0 Å². The Morgan fingerprint density at radius 2 is 0.911 bits per heavy atom. The van der Waals surface area contributed by atoms with Crippen molar-refractivity contribution in [3.63, 3.8) is 0 Å². The van der Waals surface area contributed by atoms with Crippen molar-refractivity contribution in [3.8, 4) is 44.5 Å². The van der Waals surface area contributed by atoms with Crippen LogP contribution < -0.4 is 0 Å². The monoisotopic (exact) mass is 582 g/mol. The van der Waals surface area contributed by atoms with Crippen LogP contribution in [0.4, 0.5) is 0 Å². The summed E-state index contributed by atoms with van der Waals surface area (Å²) in [6.45, 7) is 0. The van der Waals surface area contributed by atoms with Gasteiger partial charge in [-0.1, -0.05) is 145 Å². The molecule has 0 aliphatic heterocycles. The van der Waals surface area contributed by atoms with Crippen molar-refractivity contribution in [1.29, 1.82) is 0 Å². The Bertz CT molecular complexity index is 3000. The summed E-state index contributed by atoms with van der Waals surface area (Å²) in [6.07, 6.45) is 0. The van der Waals surface area contributed by atoms with Crippen LogP contribution in [-0.4, -0.2) is 0 Å². The van der Waals surface area contributed by atoms with Gasteiger partial charge < -0.3 is 4.42 Å². The Hall–Kier alpha value is -5.92. The molecule has 9 aromatic rings. The highest BCUT2D eigenvalue weighted by molar-refractivity contribution is 6.26. The molecule has 1 heteroatoms. The molecule has 210 valence electrons. The maximum absolute atomic E-state index is 8.83. The molecule has 0 aliphatic rings. The van der Waals surface area contributed by atoms with Gasteiger partial charge in [0.05, 0.1) is 13.7 Å². The van der Waals surface area contributed by atoms with Crippen LogP contribution in [-0.2, 0) is 0 Å². The Morgan fingerprint density at radius 1 is 0.378 bits per heavy atom. The van der Waals surface area contributed by atoms with E-state index in [1.54, 1.807) is 12.1 Å². The highest BCUT2D eigenvalue weighted by atomic mass is 16.3. The summed E-state index contributed by atoms with van der Waals surface area (Å²) in [7, 11) is 0. The predicted molar refractivity (Wildman–Crippen MR) is 190 cm³/mol. The standard InChI is InChI=1S/C44H28O/c1-3-14-29(15-4-1)31-18-13-19-32(26-31)42-34-20-7-9-22-36(34)43(37-23-10-8-21-35(37)42)39-27-33(30-16-5-2-6-17-30)28-41-44(39)38-24-11-12-25-40(38)45-41/h1-28H/i1D,2D,3D,4D,5D,6D,14D,15D,16D,17D. The summed E-state index contributed by atoms with van der Waals surface area (Å²) >= 11 is 0. The van der Waals surface area contributed by atoms with Crippen molar-refractivity contribution in [2.75, 3.05) is 0 Å². The van der Waals surface area contributed by atoms with E-state index in [2.05, 4.69) is 0 Å². The number of fused-ring (bicyclic) bond motifs is 5. The average Bonchev–Trinajstić information content (AvgIpc) is 3.58. The minimum atomic E-state index is -0.466. The molecule has 0 bridgehead atoms. The molecule has 0 N–H and O–H groups in total. The molecular formula is C44H28O. The molecule has 0 aliphatic carbocycles. The van der Waals surface area contributed by atoms with E-state index in [4.69, 9.17) is 18.1 Å². The third kappa shape index (κ3) is 4.17. The van der Waals surface area contributed by atoms with Crippen molar-refractivity contribution in [2.24, 2.45) is 0 Å². The van der Waals surface area contributed by atoms with E-state index >= 15 is 0 Å². The molecule has 9 rings (SSSR count). The Kier molecular flexibility index (Phi) is 4.01. The van der Waals surface area contributed by atoms with Crippen LogP contribution in [0.3, 0.4) is 0 Å². The maximum atomic E-state index is 8.83. The Morgan fingerprint density at radius 3 is 1.56 bits per heavy atom. The zero-order valence-corrected chi connectivity index (χ0v) is 23.8. The van der Waals surface area contributed by atoms with E-state index < -0.39 is 36.3 Å². The van der Waals surface area contributed by atoms with E-state index in [9.17, 15) is 0 Å². The molecule has 1 nitrogen and oxygen atoms in total. The fraction of sp³-hybridized carbons (Fsp3) is 0. The van der Waals surface area contributed by atoms with Gasteiger partial charge in [0.25, 0.3) is 0 Å². The summed E-state index contributed by atoms with van der Waals surface area (Å²) in [4.78, 5) is 0. The number of furan rings is 1. The quantitative estimate of drug-likeness (QED) is 0.188. The lowest BCUT2D eigenvalue weighted by molar-refractivity contribution is 0.669. The van der Waals surface area contributed by atoms with Crippen molar-refractivity contribution < 1.29 is 18.1 Å². The molecule has 0 fully saturated rings. The normalized spacial score (nSPS) is 14.7. The van der Waals surface area contributed by atoms with Crippen LogP contribution in [0.2, 0.25) is 0 Å². The van der Waals surface area contributed by atoms with Gasteiger partial charge in [-0.25, -0.2) is 0 Å². The van der Waals surface area contributed by atoms with E-state index in [1.165, 1.54) is 0 Å². The topological polar surface area (TPSA) is 13.1 Å². The second-order valence-electron chi connectivity index (χ2n) is 10.9. The largest absolute Gasteiger partial charge is 0.456 e. The van der Waals surface area contributed by atoms with Crippen LogP contribution in [0.15, 0.2) is 174 Å². The van der Waals surface area contributed by atoms with E-state index in [0.29, 0.717) is 22.3 Å². The number of rotatable bonds is 4. The molecule has 0 amide bonds. The van der Waals surface area contributed by atoms with Crippen molar-refractivity contribution in [3.05, 3.63) is 170 Å². The zero-order chi connectivity index (χ0) is 38.4. The van der Waals surface area contributed by atoms with Gasteiger partial charge in [-0.05, 0) is 90.3 Å². The maximum Gasteiger partial charge on any atom is 0.136 e. The number of para-hydroxylation sites is 1. The van der Waals surface area contributed by atoms with Crippen LogP contribution in [0, 0.1) is 0 Å². The van der Waals surface area contributed by atoms with Gasteiger partial charge in [-0.3, -0.25) is 0 Å². The smallest absolute Gasteiger partial charge is 0.136 e. The minimum absolute atomic E-state index is 0.0734. The molecule has 0 unspecified atom stereocenters. The number of hydrogen-bond donors (Lipinski definition) is 0. The van der Waals surface area contributed by atoms with Gasteiger partial charge in [0.1, 0.15) is 11.2 Å². The van der Waals surface area contributed by atoms with Crippen LogP contribution >= 0.6 is 0 Å². The predicted octanol–water partition coefficient (Wildman–Crippen LogP) is 12.6. The van der Waals surface area contributed by atoms with E-state index in [1.807, 2.05) is 97.1 Å². The van der Waals surface area contributed by atoms with Gasteiger partial charge >= 0.3 is 0 Å². The minimum Gasteiger partial charge on any atom is -0.456 e. The number of hydrogen-bond acceptors (Lipinski definition) is 1. The summed E-state index contributed by atoms with van der Waals surface area (Å²) in [5.41, 5.74) is 5.55. The first-order chi connectivity index (χ1) is 26.5. The second-order valence-corrected chi connectivity index (χ2v) is 10.9. The summed E-state index contributed by atoms with van der Waals surface area (Å²) < 4.78 is 91.1.